The van der Waals surface area contributed by atoms with E-state index < -0.39 is 12.5 Å². The maximum atomic E-state index is 9.64. The smallest absolute Gasteiger partial charge is 0.423 e. The number of hydrogen-bond donors (Lipinski definition) is 2. The molecule has 0 saturated heterocycles. The Hall–Kier alpha value is -3.99. The van der Waals surface area contributed by atoms with Gasteiger partial charge in [0.2, 0.25) is 11.8 Å². The van der Waals surface area contributed by atoms with Gasteiger partial charge in [-0.25, -0.2) is 0 Å². The maximum Gasteiger partial charge on any atom is 0.488 e. The monoisotopic (exact) mass is 411 g/mol. The summed E-state index contributed by atoms with van der Waals surface area (Å²) in [7, 11) is 0.141. The van der Waals surface area contributed by atoms with E-state index in [9.17, 15) is 20.6 Å². The molecule has 0 fully saturated rings. The van der Waals surface area contributed by atoms with Crippen molar-refractivity contribution in [2.75, 3.05) is 0 Å². The van der Waals surface area contributed by atoms with E-state index in [2.05, 4.69) is 21.0 Å². The van der Waals surface area contributed by atoms with Gasteiger partial charge in [0.15, 0.2) is 0 Å². The quantitative estimate of drug-likeness (QED) is 0.378. The number of aryl methyl sites for hydroxylation is 1. The molecule has 0 unspecified atom stereocenters. The van der Waals surface area contributed by atoms with Gasteiger partial charge in [0.25, 0.3) is 0 Å². The van der Waals surface area contributed by atoms with Crippen LogP contribution in [0, 0.1) is 22.8 Å². The van der Waals surface area contributed by atoms with E-state index >= 15 is 0 Å². The van der Waals surface area contributed by atoms with Gasteiger partial charge in [0, 0.05) is 12.4 Å². The van der Waals surface area contributed by atoms with Gasteiger partial charge in [-0.1, -0.05) is 12.1 Å². The van der Waals surface area contributed by atoms with Gasteiger partial charge in [0.1, 0.15) is 0 Å². The molecule has 0 atom stereocenters. The minimum Gasteiger partial charge on any atom is -0.423 e. The highest BCUT2D eigenvalue weighted by molar-refractivity contribution is 6.59. The van der Waals surface area contributed by atoms with Gasteiger partial charge in [0.05, 0.1) is 51.8 Å². The SMILES string of the molecule is Cn1/c(=N/C#N)n(-c2ccc(C(C)(C)C#N)nc2)c2c3cc(B(O)O)ccc3ncc21. The lowest BCUT2D eigenvalue weighted by Gasteiger charge is -2.15. The topological polar surface area (TPSA) is 136 Å². The van der Waals surface area contributed by atoms with Gasteiger partial charge in [-0.05, 0) is 37.5 Å². The second-order valence-corrected chi connectivity index (χ2v) is 7.69. The predicted molar refractivity (Wildman–Crippen MR) is 115 cm³/mol. The van der Waals surface area contributed by atoms with E-state index in [4.69, 9.17) is 0 Å². The number of rotatable bonds is 3. The molecule has 3 aromatic heterocycles. The molecule has 3 heterocycles. The maximum absolute atomic E-state index is 9.64. The van der Waals surface area contributed by atoms with Crippen molar-refractivity contribution in [1.29, 1.82) is 10.5 Å². The van der Waals surface area contributed by atoms with Crippen LogP contribution in [-0.4, -0.2) is 36.3 Å². The lowest BCUT2D eigenvalue weighted by Crippen LogP contribution is -2.29. The van der Waals surface area contributed by atoms with Crippen molar-refractivity contribution in [1.82, 2.24) is 19.1 Å². The van der Waals surface area contributed by atoms with Gasteiger partial charge in [-0.3, -0.25) is 14.5 Å². The van der Waals surface area contributed by atoms with Crippen LogP contribution < -0.4 is 11.1 Å². The fourth-order valence-corrected chi connectivity index (χ4v) is 3.54. The Morgan fingerprint density at radius 1 is 1.10 bits per heavy atom. The summed E-state index contributed by atoms with van der Waals surface area (Å²) in [5.74, 6) is 0. The third-order valence-corrected chi connectivity index (χ3v) is 5.30. The van der Waals surface area contributed by atoms with Crippen LogP contribution in [-0.2, 0) is 12.5 Å². The number of pyridine rings is 2. The molecule has 0 aliphatic carbocycles. The van der Waals surface area contributed by atoms with Crippen molar-refractivity contribution in [3.63, 3.8) is 0 Å². The van der Waals surface area contributed by atoms with Crippen molar-refractivity contribution in [3.8, 4) is 17.9 Å². The Balaban J connectivity index is 2.11. The molecule has 152 valence electrons. The lowest BCUT2D eigenvalue weighted by molar-refractivity contribution is 0.426. The van der Waals surface area contributed by atoms with Gasteiger partial charge in [-0.15, -0.1) is 4.99 Å². The number of benzene rings is 1. The Morgan fingerprint density at radius 2 is 1.87 bits per heavy atom. The first-order valence-corrected chi connectivity index (χ1v) is 9.45. The summed E-state index contributed by atoms with van der Waals surface area (Å²) in [4.78, 5) is 12.9. The molecule has 0 bridgehead atoms. The van der Waals surface area contributed by atoms with Crippen molar-refractivity contribution in [2.45, 2.75) is 19.3 Å². The molecular weight excluding hydrogens is 393 g/mol. The molecular formula is C21H18BN7O2. The first-order valence-electron chi connectivity index (χ1n) is 9.45. The molecule has 0 aliphatic rings. The van der Waals surface area contributed by atoms with Gasteiger partial charge < -0.3 is 14.6 Å². The molecule has 0 aliphatic heterocycles. The number of imidazole rings is 1. The standard InChI is InChI=1S/C21H18BN7O2/c1-21(2,11-23)18-7-5-14(9-26-18)29-19-15-8-13(22(30)31)4-6-16(15)25-10-17(19)28(3)20(29)27-12-24/h4-10,30-31H,1-3H3/b27-20-. The van der Waals surface area contributed by atoms with Crippen molar-refractivity contribution in [3.05, 3.63) is 54.0 Å². The average molecular weight is 411 g/mol. The van der Waals surface area contributed by atoms with E-state index in [-0.39, 0.29) is 0 Å². The van der Waals surface area contributed by atoms with Crippen molar-refractivity contribution < 1.29 is 10.0 Å². The van der Waals surface area contributed by atoms with E-state index in [1.807, 2.05) is 12.3 Å². The second-order valence-electron chi connectivity index (χ2n) is 7.69. The van der Waals surface area contributed by atoms with Crippen LogP contribution in [0.25, 0.3) is 27.6 Å². The predicted octanol–water partition coefficient (Wildman–Crippen LogP) is 0.775. The molecule has 31 heavy (non-hydrogen) atoms. The molecule has 1 aromatic carbocycles. The average Bonchev–Trinajstić information content (AvgIpc) is 3.05. The molecule has 4 aromatic rings. The van der Waals surface area contributed by atoms with Crippen LogP contribution >= 0.6 is 0 Å². The molecule has 9 nitrogen and oxygen atoms in total. The highest BCUT2D eigenvalue weighted by Crippen LogP contribution is 2.26. The summed E-state index contributed by atoms with van der Waals surface area (Å²) >= 11 is 0. The van der Waals surface area contributed by atoms with Gasteiger partial charge >= 0.3 is 7.12 Å². The fourth-order valence-electron chi connectivity index (χ4n) is 3.54. The van der Waals surface area contributed by atoms with Crippen LogP contribution in [0.4, 0.5) is 0 Å². The lowest BCUT2D eigenvalue weighted by atomic mass is 9.80. The highest BCUT2D eigenvalue weighted by Gasteiger charge is 2.22. The Morgan fingerprint density at radius 3 is 2.48 bits per heavy atom. The molecule has 0 saturated carbocycles. The number of hydrogen-bond acceptors (Lipinski definition) is 7. The summed E-state index contributed by atoms with van der Waals surface area (Å²) in [5, 5.41) is 38.6. The molecule has 0 spiro atoms. The zero-order valence-electron chi connectivity index (χ0n) is 17.1. The van der Waals surface area contributed by atoms with E-state index in [1.165, 1.54) is 0 Å². The summed E-state index contributed by atoms with van der Waals surface area (Å²) in [5.41, 5.74) is 3.23. The third-order valence-electron chi connectivity index (χ3n) is 5.30. The van der Waals surface area contributed by atoms with E-state index in [1.54, 1.807) is 66.7 Å². The molecule has 0 radical (unpaired) electrons. The van der Waals surface area contributed by atoms with Gasteiger partial charge in [-0.2, -0.15) is 10.5 Å². The molecule has 0 amide bonds. The number of aromatic nitrogens is 4. The highest BCUT2D eigenvalue weighted by atomic mass is 16.4. The van der Waals surface area contributed by atoms with Crippen LogP contribution in [0.15, 0.2) is 47.7 Å². The van der Waals surface area contributed by atoms with Crippen LogP contribution in [0.5, 0.6) is 0 Å². The zero-order valence-corrected chi connectivity index (χ0v) is 17.1. The van der Waals surface area contributed by atoms with Crippen LogP contribution in [0.1, 0.15) is 19.5 Å². The van der Waals surface area contributed by atoms with E-state index in [0.717, 1.165) is 0 Å². The van der Waals surface area contributed by atoms with Crippen LogP contribution in [0.3, 0.4) is 0 Å². The Labute approximate surface area is 177 Å². The molecule has 4 rings (SSSR count). The Kier molecular flexibility index (Phi) is 4.82. The van der Waals surface area contributed by atoms with E-state index in [0.29, 0.717) is 44.4 Å². The minimum atomic E-state index is -1.63. The summed E-state index contributed by atoms with van der Waals surface area (Å²) in [6.45, 7) is 3.58. The fraction of sp³-hybridized carbons (Fsp3) is 0.190. The van der Waals surface area contributed by atoms with Crippen molar-refractivity contribution in [2.24, 2.45) is 12.0 Å². The summed E-state index contributed by atoms with van der Waals surface area (Å²) < 4.78 is 3.51. The summed E-state index contributed by atoms with van der Waals surface area (Å²) in [6, 6.07) is 10.8. The van der Waals surface area contributed by atoms with Crippen LogP contribution in [0.2, 0.25) is 0 Å². The first-order chi connectivity index (χ1) is 14.8. The largest absolute Gasteiger partial charge is 0.488 e. The second kappa shape index (κ2) is 7.36. The Bertz CT molecular complexity index is 1470. The van der Waals surface area contributed by atoms with Crippen molar-refractivity contribution >= 4 is 34.5 Å². The zero-order chi connectivity index (χ0) is 22.3. The number of nitrogens with zero attached hydrogens (tertiary/aromatic N) is 7. The number of fused-ring (bicyclic) bond motifs is 3. The third kappa shape index (κ3) is 3.24. The minimum absolute atomic E-state index is 0.320. The number of nitriles is 2. The molecule has 10 heteroatoms. The molecule has 2 N–H and O–H groups in total. The summed E-state index contributed by atoms with van der Waals surface area (Å²) in [6.07, 6.45) is 5.14. The normalized spacial score (nSPS) is 12.2. The first kappa shape index (κ1) is 20.3.